The van der Waals surface area contributed by atoms with Gasteiger partial charge in [0.05, 0.1) is 35.4 Å². The lowest BCUT2D eigenvalue weighted by Crippen LogP contribution is -2.53. The van der Waals surface area contributed by atoms with E-state index in [1.165, 1.54) is 39.5 Å². The van der Waals surface area contributed by atoms with Gasteiger partial charge in [0.2, 0.25) is 0 Å². The average molecular weight is 481 g/mol. The zero-order valence-corrected chi connectivity index (χ0v) is 19.6. The molecule has 0 unspecified atom stereocenters. The van der Waals surface area contributed by atoms with Crippen LogP contribution >= 0.6 is 11.6 Å². The molecule has 0 spiro atoms. The summed E-state index contributed by atoms with van der Waals surface area (Å²) in [6.45, 7) is 0. The number of benzene rings is 2. The second-order valence-electron chi connectivity index (χ2n) is 7.55. The van der Waals surface area contributed by atoms with Gasteiger partial charge in [0, 0.05) is 7.05 Å². The van der Waals surface area contributed by atoms with E-state index in [4.69, 9.17) is 21.1 Å². The molecule has 0 heterocycles. The number of hydrogen-bond acceptors (Lipinski definition) is 6. The number of halogens is 1. The Morgan fingerprint density at radius 2 is 1.69 bits per heavy atom. The van der Waals surface area contributed by atoms with E-state index in [-0.39, 0.29) is 15.5 Å². The van der Waals surface area contributed by atoms with Crippen molar-refractivity contribution in [2.24, 2.45) is 0 Å². The molecule has 1 N–H and O–H groups in total. The van der Waals surface area contributed by atoms with Gasteiger partial charge >= 0.3 is 5.97 Å². The van der Waals surface area contributed by atoms with Crippen LogP contribution < -0.4 is 14.4 Å². The first-order chi connectivity index (χ1) is 15.1. The summed E-state index contributed by atoms with van der Waals surface area (Å²) in [5.41, 5.74) is -0.752. The van der Waals surface area contributed by atoms with E-state index in [9.17, 15) is 18.0 Å². The minimum absolute atomic E-state index is 0.0361. The minimum atomic E-state index is -3.99. The first-order valence-electron chi connectivity index (χ1n) is 9.98. The van der Waals surface area contributed by atoms with Gasteiger partial charge in [0.25, 0.3) is 15.9 Å². The molecule has 1 aliphatic rings. The van der Waals surface area contributed by atoms with Crippen molar-refractivity contribution < 1.29 is 27.5 Å². The molecule has 2 aromatic rings. The number of carbonyl (C=O) groups is 2. The molecule has 0 atom stereocenters. The highest BCUT2D eigenvalue weighted by molar-refractivity contribution is 7.92. The summed E-state index contributed by atoms with van der Waals surface area (Å²) < 4.78 is 37.4. The number of sulfonamides is 1. The van der Waals surface area contributed by atoms with Gasteiger partial charge in [-0.3, -0.25) is 9.10 Å². The number of hydrogen-bond donors (Lipinski definition) is 1. The number of rotatable bonds is 7. The first-order valence-corrected chi connectivity index (χ1v) is 11.8. The Labute approximate surface area is 192 Å². The highest BCUT2D eigenvalue weighted by Gasteiger charge is 2.44. The third-order valence-electron chi connectivity index (χ3n) is 5.66. The number of carbonyl (C=O) groups excluding carboxylic acids is 2. The minimum Gasteiger partial charge on any atom is -0.497 e. The molecule has 1 saturated carbocycles. The molecule has 1 amide bonds. The quantitative estimate of drug-likeness (QED) is 0.609. The molecule has 0 radical (unpaired) electrons. The zero-order valence-electron chi connectivity index (χ0n) is 18.1. The van der Waals surface area contributed by atoms with Crippen molar-refractivity contribution >= 4 is 39.2 Å². The predicted molar refractivity (Wildman–Crippen MR) is 121 cm³/mol. The highest BCUT2D eigenvalue weighted by Crippen LogP contribution is 2.32. The third-order valence-corrected chi connectivity index (χ3v) is 7.77. The van der Waals surface area contributed by atoms with Crippen molar-refractivity contribution in [2.75, 3.05) is 25.6 Å². The lowest BCUT2D eigenvalue weighted by atomic mass is 9.97. The summed E-state index contributed by atoms with van der Waals surface area (Å²) in [5, 5.41) is 2.81. The van der Waals surface area contributed by atoms with Crippen LogP contribution in [0.4, 0.5) is 5.69 Å². The molecule has 3 rings (SSSR count). The van der Waals surface area contributed by atoms with Crippen LogP contribution in [-0.2, 0) is 19.6 Å². The van der Waals surface area contributed by atoms with E-state index < -0.39 is 27.4 Å². The van der Waals surface area contributed by atoms with E-state index in [0.29, 0.717) is 24.3 Å². The van der Waals surface area contributed by atoms with E-state index >= 15 is 0 Å². The van der Waals surface area contributed by atoms with Crippen LogP contribution in [0.3, 0.4) is 0 Å². The zero-order chi connectivity index (χ0) is 23.5. The Morgan fingerprint density at radius 3 is 2.25 bits per heavy atom. The summed E-state index contributed by atoms with van der Waals surface area (Å²) >= 11 is 6.22. The van der Waals surface area contributed by atoms with Gasteiger partial charge in [-0.05, 0) is 55.3 Å². The van der Waals surface area contributed by atoms with Crippen molar-refractivity contribution in [2.45, 2.75) is 36.1 Å². The molecule has 0 saturated heterocycles. The maximum Gasteiger partial charge on any atom is 0.331 e. The molecule has 1 fully saturated rings. The fourth-order valence-electron chi connectivity index (χ4n) is 3.77. The predicted octanol–water partition coefficient (Wildman–Crippen LogP) is 3.39. The van der Waals surface area contributed by atoms with Crippen molar-refractivity contribution in [3.63, 3.8) is 0 Å². The topological polar surface area (TPSA) is 102 Å². The summed E-state index contributed by atoms with van der Waals surface area (Å²) in [4.78, 5) is 25.2. The molecule has 0 aromatic heterocycles. The maximum absolute atomic E-state index is 13.2. The first kappa shape index (κ1) is 23.9. The van der Waals surface area contributed by atoms with E-state index in [1.807, 2.05) is 0 Å². The van der Waals surface area contributed by atoms with Gasteiger partial charge in [0.1, 0.15) is 11.3 Å². The van der Waals surface area contributed by atoms with Gasteiger partial charge in [-0.1, -0.05) is 24.4 Å². The fraction of sp³-hybridized carbons (Fsp3) is 0.364. The summed E-state index contributed by atoms with van der Waals surface area (Å²) in [6.07, 6.45) is 2.43. The Morgan fingerprint density at radius 1 is 1.06 bits per heavy atom. The normalized spacial score (nSPS) is 15.1. The maximum atomic E-state index is 13.2. The smallest absolute Gasteiger partial charge is 0.331 e. The van der Waals surface area contributed by atoms with Gasteiger partial charge in [0.15, 0.2) is 0 Å². The molecule has 172 valence electrons. The lowest BCUT2D eigenvalue weighted by Gasteiger charge is -2.27. The molecule has 0 bridgehead atoms. The highest BCUT2D eigenvalue weighted by atomic mass is 35.5. The van der Waals surface area contributed by atoms with Crippen molar-refractivity contribution in [1.29, 1.82) is 0 Å². The van der Waals surface area contributed by atoms with Crippen molar-refractivity contribution in [3.8, 4) is 5.75 Å². The summed E-state index contributed by atoms with van der Waals surface area (Å²) in [6, 6.07) is 10.4. The van der Waals surface area contributed by atoms with E-state index in [2.05, 4.69) is 5.32 Å². The van der Waals surface area contributed by atoms with Crippen molar-refractivity contribution in [1.82, 2.24) is 5.32 Å². The second-order valence-corrected chi connectivity index (χ2v) is 9.92. The summed E-state index contributed by atoms with van der Waals surface area (Å²) in [7, 11) is 0.214. The Bertz CT molecular complexity index is 1110. The standard InChI is InChI=1S/C22H25ClN2O6S/c1-25(15-6-8-16(30-2)9-7-15)32(28,29)17-10-11-19(23)18(14-17)20(26)24-22(21(27)31-3)12-4-5-13-22/h6-11,14H,4-5,12-13H2,1-3H3,(H,24,26). The largest absolute Gasteiger partial charge is 0.497 e. The van der Waals surface area contributed by atoms with Crippen molar-refractivity contribution in [3.05, 3.63) is 53.1 Å². The van der Waals surface area contributed by atoms with E-state index in [0.717, 1.165) is 17.1 Å². The molecule has 10 heteroatoms. The lowest BCUT2D eigenvalue weighted by molar-refractivity contribution is -0.148. The molecular formula is C22H25ClN2O6S. The van der Waals surface area contributed by atoms with Crippen LogP contribution in [-0.4, -0.2) is 47.1 Å². The number of anilines is 1. The number of ether oxygens (including phenoxy) is 2. The molecule has 32 heavy (non-hydrogen) atoms. The van der Waals surface area contributed by atoms with Crippen LogP contribution in [0.5, 0.6) is 5.75 Å². The van der Waals surface area contributed by atoms with E-state index in [1.54, 1.807) is 24.3 Å². The molecule has 1 aliphatic carbocycles. The average Bonchev–Trinajstić information content (AvgIpc) is 3.27. The van der Waals surface area contributed by atoms with Crippen LogP contribution in [0, 0.1) is 0 Å². The van der Waals surface area contributed by atoms with Gasteiger partial charge in [-0.25, -0.2) is 13.2 Å². The monoisotopic (exact) mass is 480 g/mol. The van der Waals surface area contributed by atoms with Gasteiger partial charge in [-0.2, -0.15) is 0 Å². The Hall–Kier alpha value is -2.78. The number of nitrogens with one attached hydrogen (secondary N) is 1. The van der Waals surface area contributed by atoms with Crippen LogP contribution in [0.2, 0.25) is 5.02 Å². The fourth-order valence-corrected chi connectivity index (χ4v) is 5.19. The Balaban J connectivity index is 1.91. The molecule has 0 aliphatic heterocycles. The SMILES string of the molecule is COC(=O)C1(NC(=O)c2cc(S(=O)(=O)N(C)c3ccc(OC)cc3)ccc2Cl)CCCC1. The summed E-state index contributed by atoms with van der Waals surface area (Å²) in [5.74, 6) is -0.564. The van der Waals surface area contributed by atoms with Crippen LogP contribution in [0.1, 0.15) is 36.0 Å². The molecular weight excluding hydrogens is 456 g/mol. The third kappa shape index (κ3) is 4.54. The van der Waals surface area contributed by atoms with Crippen LogP contribution in [0.15, 0.2) is 47.4 Å². The van der Waals surface area contributed by atoms with Crippen LogP contribution in [0.25, 0.3) is 0 Å². The number of amides is 1. The second kappa shape index (κ2) is 9.38. The number of methoxy groups -OCH3 is 2. The molecule has 8 nitrogen and oxygen atoms in total. The Kier molecular flexibility index (Phi) is 7.00. The van der Waals surface area contributed by atoms with Gasteiger partial charge in [-0.15, -0.1) is 0 Å². The molecule has 2 aromatic carbocycles. The number of nitrogens with zero attached hydrogens (tertiary/aromatic N) is 1. The van der Waals surface area contributed by atoms with Gasteiger partial charge < -0.3 is 14.8 Å². The number of esters is 1.